The normalized spacial score (nSPS) is 11.6. The first-order valence-electron chi connectivity index (χ1n) is 13.5. The molecule has 0 atom stereocenters. The number of aromatic nitrogens is 4. The van der Waals surface area contributed by atoms with Crippen molar-refractivity contribution < 1.29 is 4.42 Å². The molecule has 0 spiro atoms. The maximum absolute atomic E-state index is 14.0. The zero-order valence-electron chi connectivity index (χ0n) is 22.4. The van der Waals surface area contributed by atoms with E-state index in [2.05, 4.69) is 4.98 Å². The number of nitrogens with zero attached hydrogens (tertiary/aromatic N) is 3. The Bertz CT molecular complexity index is 2670. The average molecular weight is 565 g/mol. The van der Waals surface area contributed by atoms with E-state index in [0.717, 1.165) is 10.8 Å². The zero-order valence-corrected chi connectivity index (χ0v) is 22.4. The Labute approximate surface area is 240 Å². The minimum atomic E-state index is -0.719. The van der Waals surface area contributed by atoms with E-state index in [1.54, 1.807) is 59.4 Å². The minimum absolute atomic E-state index is 0.156. The molecular weight excluding hydrogens is 544 g/mol. The van der Waals surface area contributed by atoms with Crippen LogP contribution in [0.1, 0.15) is 0 Å². The lowest BCUT2D eigenvalue weighted by Crippen LogP contribution is -2.24. The van der Waals surface area contributed by atoms with Crippen LogP contribution in [0.25, 0.3) is 60.7 Å². The van der Waals surface area contributed by atoms with Gasteiger partial charge in [0.2, 0.25) is 0 Å². The summed E-state index contributed by atoms with van der Waals surface area (Å²) in [5.41, 5.74) is 1.70. The second-order valence-corrected chi connectivity index (χ2v) is 10.2. The lowest BCUT2D eigenvalue weighted by atomic mass is 10.1. The maximum Gasteiger partial charge on any atom is 0.417 e. The Kier molecular flexibility index (Phi) is 5.23. The van der Waals surface area contributed by atoms with Gasteiger partial charge in [0.1, 0.15) is 11.2 Å². The standard InChI is InChI=1S/C34H20N4O5/c39-27-16-18-36(25-12-6-4-10-23(25)27)31-26(37-17-15-20-7-1-3-9-22(20)33(37)41)19-28-30(35-34(42)43-28)32(31)38-24-11-5-2-8-21(24)13-14-29(38)40/h1-19H,(H,35,42). The maximum atomic E-state index is 14.0. The molecule has 206 valence electrons. The molecule has 0 aliphatic rings. The van der Waals surface area contributed by atoms with Crippen molar-refractivity contribution in [3.63, 3.8) is 0 Å². The molecule has 43 heavy (non-hydrogen) atoms. The smallest absolute Gasteiger partial charge is 0.408 e. The molecule has 0 fully saturated rings. The highest BCUT2D eigenvalue weighted by Gasteiger charge is 2.25. The molecule has 0 aliphatic heterocycles. The van der Waals surface area contributed by atoms with Gasteiger partial charge < -0.3 is 8.98 Å². The number of hydrogen-bond donors (Lipinski definition) is 1. The molecule has 8 rings (SSSR count). The van der Waals surface area contributed by atoms with Crippen LogP contribution in [-0.2, 0) is 0 Å². The molecule has 9 heteroatoms. The number of benzene rings is 4. The summed E-state index contributed by atoms with van der Waals surface area (Å²) in [5.74, 6) is -0.719. The molecular formula is C34H20N4O5. The Hall–Kier alpha value is -6.22. The van der Waals surface area contributed by atoms with E-state index >= 15 is 0 Å². The summed E-state index contributed by atoms with van der Waals surface area (Å²) < 4.78 is 10.3. The number of hydrogen-bond acceptors (Lipinski definition) is 5. The fraction of sp³-hybridized carbons (Fsp3) is 0. The van der Waals surface area contributed by atoms with Gasteiger partial charge in [-0.2, -0.15) is 0 Å². The molecule has 4 heterocycles. The third-order valence-electron chi connectivity index (χ3n) is 7.79. The lowest BCUT2D eigenvalue weighted by molar-refractivity contribution is 0.555. The van der Waals surface area contributed by atoms with Gasteiger partial charge in [-0.15, -0.1) is 0 Å². The Balaban J connectivity index is 1.66. The summed E-state index contributed by atoms with van der Waals surface area (Å²) in [4.78, 5) is 56.2. The predicted octanol–water partition coefficient (Wildman–Crippen LogP) is 5.03. The van der Waals surface area contributed by atoms with Gasteiger partial charge in [-0.25, -0.2) is 4.79 Å². The predicted molar refractivity (Wildman–Crippen MR) is 166 cm³/mol. The molecule has 0 amide bonds. The Morgan fingerprint density at radius 2 is 1.30 bits per heavy atom. The molecule has 4 aromatic carbocycles. The van der Waals surface area contributed by atoms with Gasteiger partial charge in [0.25, 0.3) is 11.1 Å². The van der Waals surface area contributed by atoms with Crippen LogP contribution in [0.4, 0.5) is 0 Å². The largest absolute Gasteiger partial charge is 0.417 e. The van der Waals surface area contributed by atoms with Crippen molar-refractivity contribution in [1.29, 1.82) is 0 Å². The monoisotopic (exact) mass is 564 g/mol. The van der Waals surface area contributed by atoms with Crippen molar-refractivity contribution in [3.8, 4) is 17.1 Å². The molecule has 0 bridgehead atoms. The van der Waals surface area contributed by atoms with Gasteiger partial charge in [-0.3, -0.25) is 28.5 Å². The van der Waals surface area contributed by atoms with Crippen LogP contribution < -0.4 is 22.3 Å². The van der Waals surface area contributed by atoms with Gasteiger partial charge in [0, 0.05) is 41.4 Å². The first-order valence-corrected chi connectivity index (χ1v) is 13.5. The van der Waals surface area contributed by atoms with Crippen LogP contribution in [0.2, 0.25) is 0 Å². The number of rotatable bonds is 3. The Morgan fingerprint density at radius 1 is 0.605 bits per heavy atom. The summed E-state index contributed by atoms with van der Waals surface area (Å²) in [7, 11) is 0. The fourth-order valence-corrected chi connectivity index (χ4v) is 5.88. The highest BCUT2D eigenvalue weighted by Crippen LogP contribution is 2.35. The molecule has 9 nitrogen and oxygen atoms in total. The number of para-hydroxylation sites is 2. The summed E-state index contributed by atoms with van der Waals surface area (Å²) in [6, 6.07) is 29.8. The van der Waals surface area contributed by atoms with Crippen LogP contribution >= 0.6 is 0 Å². The van der Waals surface area contributed by atoms with E-state index < -0.39 is 5.76 Å². The molecule has 0 saturated heterocycles. The number of H-pyrrole nitrogens is 1. The van der Waals surface area contributed by atoms with Crippen LogP contribution in [0.3, 0.4) is 0 Å². The zero-order chi connectivity index (χ0) is 29.2. The molecule has 0 aliphatic carbocycles. The number of oxazole rings is 1. The van der Waals surface area contributed by atoms with E-state index in [-0.39, 0.29) is 33.3 Å². The highest BCUT2D eigenvalue weighted by atomic mass is 16.4. The van der Waals surface area contributed by atoms with Gasteiger partial charge >= 0.3 is 5.76 Å². The van der Waals surface area contributed by atoms with E-state index in [0.29, 0.717) is 33.2 Å². The number of nitrogens with one attached hydrogen (secondary N) is 1. The van der Waals surface area contributed by atoms with Gasteiger partial charge in [0.15, 0.2) is 11.0 Å². The molecule has 0 saturated carbocycles. The van der Waals surface area contributed by atoms with Crippen molar-refractivity contribution in [3.05, 3.63) is 157 Å². The quantitative estimate of drug-likeness (QED) is 0.323. The molecule has 1 N–H and O–H groups in total. The third-order valence-corrected chi connectivity index (χ3v) is 7.79. The topological polar surface area (TPSA) is 112 Å². The van der Waals surface area contributed by atoms with Gasteiger partial charge in [0.05, 0.1) is 22.4 Å². The van der Waals surface area contributed by atoms with Crippen LogP contribution in [0.5, 0.6) is 0 Å². The SMILES string of the molecule is O=c1[nH]c2c(-n3c(=O)ccc4ccccc43)c(-n3ccc(=O)c4ccccc43)c(-n3ccc4ccccc4c3=O)cc2o1. The Morgan fingerprint density at radius 3 is 2.14 bits per heavy atom. The molecule has 0 unspecified atom stereocenters. The summed E-state index contributed by atoms with van der Waals surface area (Å²) in [6.45, 7) is 0. The highest BCUT2D eigenvalue weighted by molar-refractivity contribution is 5.96. The molecule has 4 aromatic heterocycles. The first kappa shape index (κ1) is 24.6. The summed E-state index contributed by atoms with van der Waals surface area (Å²) in [5, 5.41) is 2.47. The van der Waals surface area contributed by atoms with Crippen molar-refractivity contribution in [2.45, 2.75) is 0 Å². The fourth-order valence-electron chi connectivity index (χ4n) is 5.88. The first-order chi connectivity index (χ1) is 21.0. The van der Waals surface area contributed by atoms with Gasteiger partial charge in [-0.05, 0) is 47.2 Å². The molecule has 8 aromatic rings. The van der Waals surface area contributed by atoms with E-state index in [9.17, 15) is 19.2 Å². The second-order valence-electron chi connectivity index (χ2n) is 10.2. The summed E-state index contributed by atoms with van der Waals surface area (Å²) >= 11 is 0. The van der Waals surface area contributed by atoms with Crippen LogP contribution in [0, 0.1) is 0 Å². The minimum Gasteiger partial charge on any atom is -0.408 e. The summed E-state index contributed by atoms with van der Waals surface area (Å²) in [6.07, 6.45) is 3.26. The van der Waals surface area contributed by atoms with Crippen molar-refractivity contribution in [1.82, 2.24) is 18.7 Å². The van der Waals surface area contributed by atoms with Gasteiger partial charge in [-0.1, -0.05) is 48.5 Å². The van der Waals surface area contributed by atoms with E-state index in [1.165, 1.54) is 21.3 Å². The number of fused-ring (bicyclic) bond motifs is 4. The average Bonchev–Trinajstić information content (AvgIpc) is 3.41. The van der Waals surface area contributed by atoms with Crippen LogP contribution in [0.15, 0.2) is 139 Å². The second kappa shape index (κ2) is 9.15. The third kappa shape index (κ3) is 3.65. The van der Waals surface area contributed by atoms with Crippen molar-refractivity contribution in [2.24, 2.45) is 0 Å². The number of aromatic amines is 1. The lowest BCUT2D eigenvalue weighted by Gasteiger charge is -2.22. The van der Waals surface area contributed by atoms with Crippen LogP contribution in [-0.4, -0.2) is 18.7 Å². The molecule has 0 radical (unpaired) electrons. The van der Waals surface area contributed by atoms with Crippen molar-refractivity contribution in [2.75, 3.05) is 0 Å². The van der Waals surface area contributed by atoms with Crippen molar-refractivity contribution >= 4 is 43.7 Å². The number of pyridine rings is 3. The van der Waals surface area contributed by atoms with E-state index in [1.807, 2.05) is 48.5 Å². The van der Waals surface area contributed by atoms with E-state index in [4.69, 9.17) is 4.42 Å².